The first kappa shape index (κ1) is 16.6. The van der Waals surface area contributed by atoms with Gasteiger partial charge in [-0.15, -0.1) is 0 Å². The zero-order chi connectivity index (χ0) is 17.9. The number of aromatic nitrogens is 4. The largest absolute Gasteiger partial charge is 0.493 e. The summed E-state index contributed by atoms with van der Waals surface area (Å²) in [5, 5.41) is 0. The van der Waals surface area contributed by atoms with E-state index in [9.17, 15) is 0 Å². The molecule has 0 bridgehead atoms. The summed E-state index contributed by atoms with van der Waals surface area (Å²) in [7, 11) is 3.32. The molecule has 2 aromatic heterocycles. The van der Waals surface area contributed by atoms with Crippen molar-refractivity contribution < 1.29 is 9.47 Å². The molecule has 1 aliphatic rings. The number of hydrogen-bond acceptors (Lipinski definition) is 7. The van der Waals surface area contributed by atoms with E-state index in [0.29, 0.717) is 5.65 Å². The van der Waals surface area contributed by atoms with Crippen LogP contribution >= 0.6 is 0 Å². The molecule has 8 nitrogen and oxygen atoms in total. The monoisotopic (exact) mass is 354 g/mol. The van der Waals surface area contributed by atoms with Crippen LogP contribution in [0.5, 0.6) is 11.5 Å². The molecule has 1 saturated heterocycles. The molecule has 0 amide bonds. The Morgan fingerprint density at radius 2 is 1.81 bits per heavy atom. The zero-order valence-electron chi connectivity index (χ0n) is 15.0. The third kappa shape index (κ3) is 3.15. The Kier molecular flexibility index (Phi) is 4.57. The van der Waals surface area contributed by atoms with Crippen LogP contribution in [0.25, 0.3) is 11.2 Å². The molecule has 0 spiro atoms. The molecular formula is C18H22N6O2. The Balaban J connectivity index is 1.42. The maximum atomic E-state index is 5.40. The maximum Gasteiger partial charge on any atom is 0.182 e. The van der Waals surface area contributed by atoms with E-state index in [2.05, 4.69) is 35.8 Å². The van der Waals surface area contributed by atoms with Crippen LogP contribution in [-0.2, 0) is 6.54 Å². The van der Waals surface area contributed by atoms with Crippen molar-refractivity contribution in [3.8, 4) is 11.5 Å². The molecule has 0 saturated carbocycles. The van der Waals surface area contributed by atoms with Gasteiger partial charge in [0.1, 0.15) is 11.8 Å². The second kappa shape index (κ2) is 7.17. The van der Waals surface area contributed by atoms with Gasteiger partial charge in [-0.05, 0) is 17.7 Å². The number of nitrogens with zero attached hydrogens (tertiary/aromatic N) is 5. The van der Waals surface area contributed by atoms with Crippen molar-refractivity contribution in [2.45, 2.75) is 6.54 Å². The number of hydrogen-bond donors (Lipinski definition) is 1. The molecule has 0 aliphatic carbocycles. The van der Waals surface area contributed by atoms with E-state index in [1.165, 1.54) is 5.56 Å². The van der Waals surface area contributed by atoms with Crippen LogP contribution < -0.4 is 14.4 Å². The van der Waals surface area contributed by atoms with Gasteiger partial charge < -0.3 is 19.4 Å². The normalized spacial score (nSPS) is 15.4. The van der Waals surface area contributed by atoms with Crippen molar-refractivity contribution in [2.75, 3.05) is 45.3 Å². The summed E-state index contributed by atoms with van der Waals surface area (Å²) in [6, 6.07) is 6.09. The van der Waals surface area contributed by atoms with E-state index in [1.54, 1.807) is 26.9 Å². The number of aromatic amines is 1. The van der Waals surface area contributed by atoms with Crippen molar-refractivity contribution in [1.29, 1.82) is 0 Å². The summed E-state index contributed by atoms with van der Waals surface area (Å²) in [5.41, 5.74) is 2.83. The van der Waals surface area contributed by atoms with Gasteiger partial charge in [-0.1, -0.05) is 6.07 Å². The lowest BCUT2D eigenvalue weighted by atomic mass is 10.1. The number of fused-ring (bicyclic) bond motifs is 1. The molecule has 1 aromatic carbocycles. The Morgan fingerprint density at radius 1 is 1.00 bits per heavy atom. The van der Waals surface area contributed by atoms with Crippen molar-refractivity contribution in [1.82, 2.24) is 24.8 Å². The Hall–Kier alpha value is -2.87. The Labute approximate surface area is 151 Å². The molecule has 3 aromatic rings. The van der Waals surface area contributed by atoms with E-state index in [0.717, 1.165) is 55.6 Å². The molecule has 136 valence electrons. The standard InChI is InChI=1S/C18H22N6O2/c1-25-14-4-3-13(9-15(14)26-2)10-23-5-7-24(8-6-23)18-16-17(20-11-19-16)21-12-22-18/h3-4,9,11-12H,5-8,10H2,1-2H3,(H,19,20,21,22). The maximum absolute atomic E-state index is 5.40. The number of imidazole rings is 1. The first-order valence-electron chi connectivity index (χ1n) is 8.61. The molecule has 0 atom stereocenters. The summed E-state index contributed by atoms with van der Waals surface area (Å²) >= 11 is 0. The number of methoxy groups -OCH3 is 2. The molecule has 8 heteroatoms. The zero-order valence-corrected chi connectivity index (χ0v) is 15.0. The fourth-order valence-corrected chi connectivity index (χ4v) is 3.35. The predicted molar refractivity (Wildman–Crippen MR) is 98.7 cm³/mol. The molecule has 4 rings (SSSR count). The van der Waals surface area contributed by atoms with Gasteiger partial charge in [0, 0.05) is 32.7 Å². The van der Waals surface area contributed by atoms with Crippen LogP contribution in [0.4, 0.5) is 5.82 Å². The number of benzene rings is 1. The van der Waals surface area contributed by atoms with Gasteiger partial charge in [-0.25, -0.2) is 15.0 Å². The number of H-pyrrole nitrogens is 1. The van der Waals surface area contributed by atoms with E-state index >= 15 is 0 Å². The van der Waals surface area contributed by atoms with Crippen LogP contribution in [0.3, 0.4) is 0 Å². The highest BCUT2D eigenvalue weighted by atomic mass is 16.5. The quantitative estimate of drug-likeness (QED) is 0.747. The number of rotatable bonds is 5. The van der Waals surface area contributed by atoms with Gasteiger partial charge in [0.2, 0.25) is 0 Å². The number of piperazine rings is 1. The van der Waals surface area contributed by atoms with Gasteiger partial charge in [-0.3, -0.25) is 4.90 Å². The second-order valence-corrected chi connectivity index (χ2v) is 6.25. The minimum absolute atomic E-state index is 0.711. The lowest BCUT2D eigenvalue weighted by Gasteiger charge is -2.35. The number of anilines is 1. The average Bonchev–Trinajstić information content (AvgIpc) is 3.17. The molecule has 1 aliphatic heterocycles. The summed E-state index contributed by atoms with van der Waals surface area (Å²) in [5.74, 6) is 2.46. The van der Waals surface area contributed by atoms with E-state index in [1.807, 2.05) is 12.1 Å². The Bertz CT molecular complexity index is 888. The third-order valence-corrected chi connectivity index (χ3v) is 4.73. The summed E-state index contributed by atoms with van der Waals surface area (Å²) in [6.07, 6.45) is 3.24. The van der Waals surface area contributed by atoms with Gasteiger partial charge >= 0.3 is 0 Å². The molecule has 26 heavy (non-hydrogen) atoms. The highest BCUT2D eigenvalue weighted by Crippen LogP contribution is 2.28. The minimum atomic E-state index is 0.711. The fraction of sp³-hybridized carbons (Fsp3) is 0.389. The van der Waals surface area contributed by atoms with E-state index in [-0.39, 0.29) is 0 Å². The third-order valence-electron chi connectivity index (χ3n) is 4.73. The summed E-state index contributed by atoms with van der Waals surface area (Å²) in [4.78, 5) is 20.7. The van der Waals surface area contributed by atoms with Crippen molar-refractivity contribution in [2.24, 2.45) is 0 Å². The fourth-order valence-electron chi connectivity index (χ4n) is 3.35. The molecular weight excluding hydrogens is 332 g/mol. The topological polar surface area (TPSA) is 79.4 Å². The molecule has 1 fully saturated rings. The highest BCUT2D eigenvalue weighted by Gasteiger charge is 2.21. The first-order chi connectivity index (χ1) is 12.8. The molecule has 0 radical (unpaired) electrons. The van der Waals surface area contributed by atoms with Crippen LogP contribution in [-0.4, -0.2) is 65.2 Å². The molecule has 3 heterocycles. The molecule has 1 N–H and O–H groups in total. The number of ether oxygens (including phenoxy) is 2. The summed E-state index contributed by atoms with van der Waals surface area (Å²) in [6.45, 7) is 4.65. The second-order valence-electron chi connectivity index (χ2n) is 6.25. The first-order valence-corrected chi connectivity index (χ1v) is 8.61. The van der Waals surface area contributed by atoms with Crippen molar-refractivity contribution in [3.63, 3.8) is 0 Å². The lowest BCUT2D eigenvalue weighted by Crippen LogP contribution is -2.46. The Morgan fingerprint density at radius 3 is 2.58 bits per heavy atom. The van der Waals surface area contributed by atoms with Gasteiger partial charge in [-0.2, -0.15) is 0 Å². The van der Waals surface area contributed by atoms with Crippen molar-refractivity contribution in [3.05, 3.63) is 36.4 Å². The predicted octanol–water partition coefficient (Wildman–Crippen LogP) is 1.69. The van der Waals surface area contributed by atoms with Crippen LogP contribution in [0.1, 0.15) is 5.56 Å². The summed E-state index contributed by atoms with van der Waals surface area (Å²) < 4.78 is 10.7. The van der Waals surface area contributed by atoms with Gasteiger partial charge in [0.15, 0.2) is 23.0 Å². The molecule has 0 unspecified atom stereocenters. The van der Waals surface area contributed by atoms with Gasteiger partial charge in [0.05, 0.1) is 20.5 Å². The minimum Gasteiger partial charge on any atom is -0.493 e. The highest BCUT2D eigenvalue weighted by molar-refractivity contribution is 5.82. The van der Waals surface area contributed by atoms with E-state index < -0.39 is 0 Å². The van der Waals surface area contributed by atoms with E-state index in [4.69, 9.17) is 9.47 Å². The smallest absolute Gasteiger partial charge is 0.182 e. The van der Waals surface area contributed by atoms with Gasteiger partial charge in [0.25, 0.3) is 0 Å². The lowest BCUT2D eigenvalue weighted by molar-refractivity contribution is 0.249. The SMILES string of the molecule is COc1ccc(CN2CCN(c3ncnc4nc[nH]c34)CC2)cc1OC. The van der Waals surface area contributed by atoms with Crippen molar-refractivity contribution >= 4 is 17.0 Å². The average molecular weight is 354 g/mol. The van der Waals surface area contributed by atoms with Crippen LogP contribution in [0, 0.1) is 0 Å². The number of nitrogens with one attached hydrogen (secondary N) is 1. The van der Waals surface area contributed by atoms with Crippen LogP contribution in [0.15, 0.2) is 30.9 Å². The van der Waals surface area contributed by atoms with Crippen LogP contribution in [0.2, 0.25) is 0 Å².